The van der Waals surface area contributed by atoms with Gasteiger partial charge in [-0.1, -0.05) is 24.3 Å². The van der Waals surface area contributed by atoms with Crippen LogP contribution in [0.25, 0.3) is 0 Å². The lowest BCUT2D eigenvalue weighted by Crippen LogP contribution is -2.19. The summed E-state index contributed by atoms with van der Waals surface area (Å²) in [5.41, 5.74) is 2.23. The number of benzene rings is 1. The van der Waals surface area contributed by atoms with Gasteiger partial charge in [-0.15, -0.1) is 0 Å². The van der Waals surface area contributed by atoms with Crippen LogP contribution in [0.3, 0.4) is 0 Å². The first kappa shape index (κ1) is 12.6. The molecule has 0 fully saturated rings. The average Bonchev–Trinajstić information content (AvgIpc) is 2.13. The molecule has 0 heterocycles. The van der Waals surface area contributed by atoms with E-state index in [0.717, 1.165) is 17.9 Å². The molecule has 0 bridgehead atoms. The number of thioether (sulfide) groups is 1. The van der Waals surface area contributed by atoms with Crippen molar-refractivity contribution in [3.63, 3.8) is 0 Å². The number of aliphatic hydroxyl groups is 1. The SMILES string of the molecule is Cc1ccccc1CSCCC(C)(C)O. The molecule has 0 aliphatic rings. The molecule has 1 aromatic rings. The lowest BCUT2D eigenvalue weighted by atomic mass is 10.1. The maximum Gasteiger partial charge on any atom is 0.0599 e. The molecular formula is C13H20OS. The quantitative estimate of drug-likeness (QED) is 0.774. The minimum atomic E-state index is -0.529. The summed E-state index contributed by atoms with van der Waals surface area (Å²) in [6.45, 7) is 5.87. The topological polar surface area (TPSA) is 20.2 Å². The van der Waals surface area contributed by atoms with Gasteiger partial charge in [0, 0.05) is 5.75 Å². The minimum absolute atomic E-state index is 0.529. The van der Waals surface area contributed by atoms with Crippen LogP contribution in [0.5, 0.6) is 0 Å². The monoisotopic (exact) mass is 224 g/mol. The van der Waals surface area contributed by atoms with Crippen molar-refractivity contribution in [1.82, 2.24) is 0 Å². The Labute approximate surface area is 96.9 Å². The van der Waals surface area contributed by atoms with Crippen LogP contribution in [-0.2, 0) is 5.75 Å². The van der Waals surface area contributed by atoms with Crippen LogP contribution in [0, 0.1) is 6.92 Å². The molecule has 1 aromatic carbocycles. The van der Waals surface area contributed by atoms with Crippen molar-refractivity contribution in [3.8, 4) is 0 Å². The van der Waals surface area contributed by atoms with Crippen LogP contribution < -0.4 is 0 Å². The van der Waals surface area contributed by atoms with Crippen molar-refractivity contribution in [2.45, 2.75) is 38.5 Å². The third-order valence-electron chi connectivity index (χ3n) is 2.38. The van der Waals surface area contributed by atoms with E-state index >= 15 is 0 Å². The van der Waals surface area contributed by atoms with Gasteiger partial charge in [0.2, 0.25) is 0 Å². The summed E-state index contributed by atoms with van der Waals surface area (Å²) in [5.74, 6) is 2.06. The summed E-state index contributed by atoms with van der Waals surface area (Å²) in [6, 6.07) is 8.47. The molecule has 0 spiro atoms. The highest BCUT2D eigenvalue weighted by atomic mass is 32.2. The molecule has 1 nitrogen and oxygen atoms in total. The van der Waals surface area contributed by atoms with Crippen molar-refractivity contribution in [3.05, 3.63) is 35.4 Å². The van der Waals surface area contributed by atoms with Gasteiger partial charge < -0.3 is 5.11 Å². The Morgan fingerprint density at radius 2 is 1.93 bits per heavy atom. The highest BCUT2D eigenvalue weighted by Crippen LogP contribution is 2.19. The van der Waals surface area contributed by atoms with Crippen molar-refractivity contribution in [2.24, 2.45) is 0 Å². The zero-order valence-corrected chi connectivity index (χ0v) is 10.6. The van der Waals surface area contributed by atoms with Crippen LogP contribution >= 0.6 is 11.8 Å². The molecule has 0 atom stereocenters. The molecule has 1 N–H and O–H groups in total. The second-order valence-corrected chi connectivity index (χ2v) is 5.65. The van der Waals surface area contributed by atoms with E-state index in [2.05, 4.69) is 31.2 Å². The first-order valence-corrected chi connectivity index (χ1v) is 6.49. The van der Waals surface area contributed by atoms with Gasteiger partial charge in [-0.2, -0.15) is 11.8 Å². The average molecular weight is 224 g/mol. The molecule has 0 amide bonds. The van der Waals surface area contributed by atoms with Crippen LogP contribution in [0.1, 0.15) is 31.4 Å². The molecule has 1 rings (SSSR count). The molecule has 0 saturated carbocycles. The fraction of sp³-hybridized carbons (Fsp3) is 0.538. The zero-order valence-electron chi connectivity index (χ0n) is 9.79. The van der Waals surface area contributed by atoms with Gasteiger partial charge in [-0.3, -0.25) is 0 Å². The van der Waals surface area contributed by atoms with E-state index in [1.807, 2.05) is 25.6 Å². The Hall–Kier alpha value is -0.470. The molecule has 0 aromatic heterocycles. The lowest BCUT2D eigenvalue weighted by molar-refractivity contribution is 0.0777. The van der Waals surface area contributed by atoms with Gasteiger partial charge in [0.1, 0.15) is 0 Å². The Kier molecular flexibility index (Phi) is 4.68. The number of aryl methyl sites for hydroxylation is 1. The second-order valence-electron chi connectivity index (χ2n) is 4.54. The molecule has 2 heteroatoms. The maximum atomic E-state index is 9.56. The van der Waals surface area contributed by atoms with Gasteiger partial charge in [0.25, 0.3) is 0 Å². The summed E-state index contributed by atoms with van der Waals surface area (Å²) in [7, 11) is 0. The Balaban J connectivity index is 2.30. The standard InChI is InChI=1S/C13H20OS/c1-11-6-4-5-7-12(11)10-15-9-8-13(2,3)14/h4-7,14H,8-10H2,1-3H3. The van der Waals surface area contributed by atoms with E-state index in [-0.39, 0.29) is 0 Å². The Morgan fingerprint density at radius 3 is 2.53 bits per heavy atom. The van der Waals surface area contributed by atoms with Crippen molar-refractivity contribution < 1.29 is 5.11 Å². The van der Waals surface area contributed by atoms with Gasteiger partial charge in [0.15, 0.2) is 0 Å². The number of hydrogen-bond acceptors (Lipinski definition) is 2. The highest BCUT2D eigenvalue weighted by Gasteiger charge is 2.11. The van der Waals surface area contributed by atoms with Gasteiger partial charge >= 0.3 is 0 Å². The van der Waals surface area contributed by atoms with Crippen molar-refractivity contribution in [1.29, 1.82) is 0 Å². The molecule has 15 heavy (non-hydrogen) atoms. The summed E-state index contributed by atoms with van der Waals surface area (Å²) in [6.07, 6.45) is 0.851. The van der Waals surface area contributed by atoms with E-state index in [4.69, 9.17) is 0 Å². The molecule has 0 unspecified atom stereocenters. The molecule has 84 valence electrons. The van der Waals surface area contributed by atoms with Crippen LogP contribution in [0.4, 0.5) is 0 Å². The smallest absolute Gasteiger partial charge is 0.0599 e. The summed E-state index contributed by atoms with van der Waals surface area (Å²) in [4.78, 5) is 0. The normalized spacial score (nSPS) is 11.7. The summed E-state index contributed by atoms with van der Waals surface area (Å²) in [5, 5.41) is 9.56. The molecule has 0 aliphatic carbocycles. The van der Waals surface area contributed by atoms with Crippen LogP contribution in [-0.4, -0.2) is 16.5 Å². The third-order valence-corrected chi connectivity index (χ3v) is 3.38. The van der Waals surface area contributed by atoms with E-state index in [1.165, 1.54) is 11.1 Å². The van der Waals surface area contributed by atoms with Crippen LogP contribution in [0.15, 0.2) is 24.3 Å². The fourth-order valence-electron chi connectivity index (χ4n) is 1.28. The molecule has 0 radical (unpaired) electrons. The lowest BCUT2D eigenvalue weighted by Gasteiger charge is -2.16. The van der Waals surface area contributed by atoms with E-state index in [0.29, 0.717) is 0 Å². The van der Waals surface area contributed by atoms with Crippen LogP contribution in [0.2, 0.25) is 0 Å². The Morgan fingerprint density at radius 1 is 1.27 bits per heavy atom. The minimum Gasteiger partial charge on any atom is -0.390 e. The van der Waals surface area contributed by atoms with Gasteiger partial charge in [-0.25, -0.2) is 0 Å². The van der Waals surface area contributed by atoms with E-state index in [1.54, 1.807) is 0 Å². The molecule has 0 aliphatic heterocycles. The van der Waals surface area contributed by atoms with E-state index < -0.39 is 5.60 Å². The van der Waals surface area contributed by atoms with Gasteiger partial charge in [0.05, 0.1) is 5.60 Å². The highest BCUT2D eigenvalue weighted by molar-refractivity contribution is 7.98. The first-order valence-electron chi connectivity index (χ1n) is 5.34. The first-order chi connectivity index (χ1) is 6.99. The largest absolute Gasteiger partial charge is 0.390 e. The van der Waals surface area contributed by atoms with E-state index in [9.17, 15) is 5.11 Å². The third kappa shape index (κ3) is 5.24. The predicted octanol–water partition coefficient (Wildman–Crippen LogP) is 3.39. The summed E-state index contributed by atoms with van der Waals surface area (Å²) < 4.78 is 0. The zero-order chi connectivity index (χ0) is 11.3. The number of rotatable bonds is 5. The van der Waals surface area contributed by atoms with Crippen molar-refractivity contribution >= 4 is 11.8 Å². The number of hydrogen-bond donors (Lipinski definition) is 1. The van der Waals surface area contributed by atoms with Gasteiger partial charge in [-0.05, 0) is 44.1 Å². The second kappa shape index (κ2) is 5.57. The fourth-order valence-corrected chi connectivity index (χ4v) is 2.61. The summed E-state index contributed by atoms with van der Waals surface area (Å²) >= 11 is 1.89. The van der Waals surface area contributed by atoms with Crippen molar-refractivity contribution in [2.75, 3.05) is 5.75 Å². The molecular weight excluding hydrogens is 204 g/mol. The Bertz CT molecular complexity index is 302. The predicted molar refractivity (Wildman–Crippen MR) is 68.3 cm³/mol. The maximum absolute atomic E-state index is 9.56. The molecule has 0 saturated heterocycles.